The summed E-state index contributed by atoms with van der Waals surface area (Å²) in [6, 6.07) is 18.1. The van der Waals surface area contributed by atoms with Crippen LogP contribution in [0.5, 0.6) is 11.5 Å². The fourth-order valence-corrected chi connectivity index (χ4v) is 4.15. The van der Waals surface area contributed by atoms with Gasteiger partial charge in [-0.2, -0.15) is 0 Å². The third-order valence-corrected chi connectivity index (χ3v) is 6.35. The van der Waals surface area contributed by atoms with Crippen molar-refractivity contribution in [3.63, 3.8) is 0 Å². The van der Waals surface area contributed by atoms with E-state index in [0.717, 1.165) is 16.0 Å². The molecule has 3 aromatic carbocycles. The van der Waals surface area contributed by atoms with Gasteiger partial charge in [0.2, 0.25) is 5.91 Å². The summed E-state index contributed by atoms with van der Waals surface area (Å²) < 4.78 is 12.1. The van der Waals surface area contributed by atoms with E-state index in [2.05, 4.69) is 26.6 Å². The number of nitrogens with zero attached hydrogens (tertiary/aromatic N) is 1. The average Bonchev–Trinajstić information content (AvgIpc) is 3.12. The number of amides is 4. The highest BCUT2D eigenvalue weighted by Gasteiger charge is 2.35. The number of methoxy groups -OCH3 is 1. The maximum Gasteiger partial charge on any atom is 0.329 e. The van der Waals surface area contributed by atoms with Crippen molar-refractivity contribution in [3.05, 3.63) is 93.1 Å². The smallest absolute Gasteiger partial charge is 0.329 e. The molecule has 4 amide bonds. The SMILES string of the molecule is COc1cc(/C=C2/NC(=O)N(CC(=O)Nc3cccc(C)c3)C2=O)c(Br)cc1OCc1ccc(C)cc1. The van der Waals surface area contributed by atoms with E-state index in [1.54, 1.807) is 24.3 Å². The van der Waals surface area contributed by atoms with E-state index in [9.17, 15) is 14.4 Å². The number of halogens is 1. The molecule has 2 N–H and O–H groups in total. The molecule has 0 radical (unpaired) electrons. The Bertz CT molecular complexity index is 1390. The summed E-state index contributed by atoms with van der Waals surface area (Å²) in [5, 5.41) is 5.24. The van der Waals surface area contributed by atoms with Gasteiger partial charge in [-0.05, 0) is 60.9 Å². The van der Waals surface area contributed by atoms with Gasteiger partial charge >= 0.3 is 6.03 Å². The molecule has 0 saturated carbocycles. The molecular formula is C28H26BrN3O5. The Kier molecular flexibility index (Phi) is 7.93. The van der Waals surface area contributed by atoms with Gasteiger partial charge in [0.15, 0.2) is 11.5 Å². The molecule has 8 nitrogen and oxygen atoms in total. The first kappa shape index (κ1) is 26.0. The lowest BCUT2D eigenvalue weighted by atomic mass is 10.1. The van der Waals surface area contributed by atoms with E-state index < -0.39 is 24.4 Å². The van der Waals surface area contributed by atoms with Crippen molar-refractivity contribution in [3.8, 4) is 11.5 Å². The molecule has 0 aromatic heterocycles. The van der Waals surface area contributed by atoms with Crippen LogP contribution in [0.2, 0.25) is 0 Å². The lowest BCUT2D eigenvalue weighted by Gasteiger charge is -2.13. The van der Waals surface area contributed by atoms with Crippen LogP contribution >= 0.6 is 15.9 Å². The number of hydrogen-bond acceptors (Lipinski definition) is 5. The van der Waals surface area contributed by atoms with Crippen LogP contribution in [0.4, 0.5) is 10.5 Å². The quantitative estimate of drug-likeness (QED) is 0.290. The molecule has 1 fully saturated rings. The third-order valence-electron chi connectivity index (χ3n) is 5.66. The van der Waals surface area contributed by atoms with E-state index >= 15 is 0 Å². The van der Waals surface area contributed by atoms with Crippen molar-refractivity contribution < 1.29 is 23.9 Å². The number of imide groups is 1. The fraction of sp³-hybridized carbons (Fsp3) is 0.179. The van der Waals surface area contributed by atoms with E-state index in [4.69, 9.17) is 9.47 Å². The van der Waals surface area contributed by atoms with Crippen molar-refractivity contribution in [2.75, 3.05) is 19.0 Å². The molecule has 190 valence electrons. The first-order valence-electron chi connectivity index (χ1n) is 11.5. The predicted octanol–water partition coefficient (Wildman–Crippen LogP) is 5.18. The summed E-state index contributed by atoms with van der Waals surface area (Å²) in [7, 11) is 1.52. The molecule has 9 heteroatoms. The van der Waals surface area contributed by atoms with Crippen LogP contribution in [0.3, 0.4) is 0 Å². The monoisotopic (exact) mass is 563 g/mol. The summed E-state index contributed by atoms with van der Waals surface area (Å²) in [5.74, 6) is -0.0927. The molecule has 1 saturated heterocycles. The van der Waals surface area contributed by atoms with Crippen LogP contribution < -0.4 is 20.1 Å². The molecule has 1 aliphatic rings. The van der Waals surface area contributed by atoms with Gasteiger partial charge in [0.1, 0.15) is 18.8 Å². The van der Waals surface area contributed by atoms with Gasteiger partial charge in [0, 0.05) is 10.2 Å². The summed E-state index contributed by atoms with van der Waals surface area (Å²) in [4.78, 5) is 38.7. The molecule has 0 unspecified atom stereocenters. The van der Waals surface area contributed by atoms with Gasteiger partial charge < -0.3 is 20.1 Å². The van der Waals surface area contributed by atoms with Crippen LogP contribution in [0.15, 0.2) is 70.8 Å². The minimum Gasteiger partial charge on any atom is -0.493 e. The minimum atomic E-state index is -0.670. The molecule has 4 rings (SSSR count). The maximum atomic E-state index is 12.9. The predicted molar refractivity (Wildman–Crippen MR) is 144 cm³/mol. The fourth-order valence-electron chi connectivity index (χ4n) is 3.72. The molecule has 0 atom stereocenters. The molecular weight excluding hydrogens is 538 g/mol. The highest BCUT2D eigenvalue weighted by Crippen LogP contribution is 2.35. The topological polar surface area (TPSA) is 97.0 Å². The standard InChI is InChI=1S/C28H26BrN3O5/c1-17-7-9-19(10-8-17)16-37-25-14-22(29)20(13-24(25)36-3)12-23-27(34)32(28(35)31-23)15-26(33)30-21-6-4-5-18(2)11-21/h4-14H,15-16H2,1-3H3,(H,30,33)(H,31,35)/b23-12+. The van der Waals surface area contributed by atoms with Crippen LogP contribution in [-0.2, 0) is 16.2 Å². The second-order valence-corrected chi connectivity index (χ2v) is 9.45. The van der Waals surface area contributed by atoms with Gasteiger partial charge in [-0.25, -0.2) is 9.69 Å². The highest BCUT2D eigenvalue weighted by atomic mass is 79.9. The van der Waals surface area contributed by atoms with Crippen LogP contribution in [0.25, 0.3) is 6.08 Å². The number of urea groups is 1. The van der Waals surface area contributed by atoms with Crippen LogP contribution in [0.1, 0.15) is 22.3 Å². The number of carbonyl (C=O) groups is 3. The molecule has 1 heterocycles. The number of benzene rings is 3. The largest absolute Gasteiger partial charge is 0.493 e. The number of nitrogens with one attached hydrogen (secondary N) is 2. The van der Waals surface area contributed by atoms with Gasteiger partial charge in [-0.1, -0.05) is 57.9 Å². The Balaban J connectivity index is 1.47. The van der Waals surface area contributed by atoms with Crippen molar-refractivity contribution in [2.24, 2.45) is 0 Å². The second-order valence-electron chi connectivity index (χ2n) is 8.60. The first-order valence-corrected chi connectivity index (χ1v) is 12.3. The number of rotatable bonds is 8. The number of ether oxygens (including phenoxy) is 2. The number of aryl methyl sites for hydroxylation is 2. The summed E-state index contributed by atoms with van der Waals surface area (Å²) in [6.07, 6.45) is 1.52. The molecule has 0 spiro atoms. The lowest BCUT2D eigenvalue weighted by molar-refractivity contribution is -0.127. The second kappa shape index (κ2) is 11.3. The average molecular weight is 564 g/mol. The summed E-state index contributed by atoms with van der Waals surface area (Å²) >= 11 is 3.51. The Morgan fingerprint density at radius 2 is 1.78 bits per heavy atom. The van der Waals surface area contributed by atoms with E-state index in [1.165, 1.54) is 18.7 Å². The van der Waals surface area contributed by atoms with Crippen molar-refractivity contribution in [1.29, 1.82) is 0 Å². The zero-order valence-corrected chi connectivity index (χ0v) is 22.2. The lowest BCUT2D eigenvalue weighted by Crippen LogP contribution is -2.38. The molecule has 1 aliphatic heterocycles. The maximum absolute atomic E-state index is 12.9. The number of anilines is 1. The van der Waals surface area contributed by atoms with Gasteiger partial charge in [-0.3, -0.25) is 9.59 Å². The van der Waals surface area contributed by atoms with Gasteiger partial charge in [0.25, 0.3) is 5.91 Å². The summed E-state index contributed by atoms with van der Waals surface area (Å²) in [6.45, 7) is 3.87. The van der Waals surface area contributed by atoms with E-state index in [-0.39, 0.29) is 5.70 Å². The van der Waals surface area contributed by atoms with E-state index in [1.807, 2.05) is 50.2 Å². The molecule has 37 heavy (non-hydrogen) atoms. The number of carbonyl (C=O) groups excluding carboxylic acids is 3. The normalized spacial score (nSPS) is 14.1. The number of hydrogen-bond donors (Lipinski definition) is 2. The highest BCUT2D eigenvalue weighted by molar-refractivity contribution is 9.10. The van der Waals surface area contributed by atoms with Crippen molar-refractivity contribution in [2.45, 2.75) is 20.5 Å². The molecule has 3 aromatic rings. The summed E-state index contributed by atoms with van der Waals surface area (Å²) in [5.41, 5.74) is 4.39. The molecule has 0 bridgehead atoms. The van der Waals surface area contributed by atoms with Gasteiger partial charge in [0.05, 0.1) is 7.11 Å². The minimum absolute atomic E-state index is 0.0458. The third kappa shape index (κ3) is 6.37. The van der Waals surface area contributed by atoms with Crippen LogP contribution in [0, 0.1) is 13.8 Å². The first-order chi connectivity index (χ1) is 17.7. The van der Waals surface area contributed by atoms with Crippen LogP contribution in [-0.4, -0.2) is 36.4 Å². The van der Waals surface area contributed by atoms with Gasteiger partial charge in [-0.15, -0.1) is 0 Å². The Labute approximate surface area is 223 Å². The van der Waals surface area contributed by atoms with Crippen molar-refractivity contribution >= 4 is 45.5 Å². The zero-order valence-electron chi connectivity index (χ0n) is 20.6. The zero-order chi connectivity index (χ0) is 26.5. The Morgan fingerprint density at radius 3 is 2.49 bits per heavy atom. The van der Waals surface area contributed by atoms with E-state index in [0.29, 0.717) is 33.8 Å². The Hall–Kier alpha value is -4.11. The van der Waals surface area contributed by atoms with Crippen molar-refractivity contribution in [1.82, 2.24) is 10.2 Å². The molecule has 0 aliphatic carbocycles. The Morgan fingerprint density at radius 1 is 1.03 bits per heavy atom.